The number of hydrogen-bond donors (Lipinski definition) is 3. The van der Waals surface area contributed by atoms with Crippen LogP contribution in [0.1, 0.15) is 10.4 Å². The van der Waals surface area contributed by atoms with Gasteiger partial charge in [0.05, 0.1) is 19.0 Å². The molecule has 3 aromatic rings. The Morgan fingerprint density at radius 1 is 1.07 bits per heavy atom. The molecule has 1 heterocycles. The van der Waals surface area contributed by atoms with Crippen LogP contribution in [0.25, 0.3) is 0 Å². The van der Waals surface area contributed by atoms with Gasteiger partial charge in [-0.3, -0.25) is 15.1 Å². The van der Waals surface area contributed by atoms with Crippen molar-refractivity contribution < 1.29 is 14.3 Å². The third-order valence-corrected chi connectivity index (χ3v) is 4.93. The van der Waals surface area contributed by atoms with E-state index in [1.807, 2.05) is 30.3 Å². The van der Waals surface area contributed by atoms with E-state index >= 15 is 0 Å². The molecule has 0 fully saturated rings. The molecule has 9 heteroatoms. The van der Waals surface area contributed by atoms with Gasteiger partial charge in [0.25, 0.3) is 5.91 Å². The van der Waals surface area contributed by atoms with Crippen LogP contribution < -0.4 is 20.7 Å². The van der Waals surface area contributed by atoms with Gasteiger partial charge in [-0.2, -0.15) is 0 Å². The average molecular weight is 423 g/mol. The number of amides is 3. The molecule has 8 nitrogen and oxygen atoms in total. The number of methoxy groups -OCH3 is 1. The third kappa shape index (κ3) is 6.21. The monoisotopic (exact) mass is 423 g/mol. The molecule has 0 atom stereocenters. The number of benzene rings is 2. The van der Waals surface area contributed by atoms with Gasteiger partial charge < -0.3 is 15.4 Å². The first kappa shape index (κ1) is 21.1. The molecule has 0 aliphatic heterocycles. The van der Waals surface area contributed by atoms with Crippen LogP contribution in [-0.4, -0.2) is 41.3 Å². The summed E-state index contributed by atoms with van der Waals surface area (Å²) < 4.78 is 5.27. The highest BCUT2D eigenvalue weighted by molar-refractivity contribution is 7.99. The summed E-state index contributed by atoms with van der Waals surface area (Å²) in [7, 11) is 1.49. The zero-order chi connectivity index (χ0) is 21.2. The summed E-state index contributed by atoms with van der Waals surface area (Å²) in [6.45, 7) is 0.514. The second-order valence-corrected chi connectivity index (χ2v) is 7.17. The number of ether oxygens (including phenoxy) is 1. The zero-order valence-electron chi connectivity index (χ0n) is 16.3. The summed E-state index contributed by atoms with van der Waals surface area (Å²) in [5.74, 6) is 1.25. The van der Waals surface area contributed by atoms with Gasteiger partial charge in [0.1, 0.15) is 5.75 Å². The fourth-order valence-electron chi connectivity index (χ4n) is 2.53. The van der Waals surface area contributed by atoms with Crippen LogP contribution in [0.4, 0.5) is 16.3 Å². The molecule has 0 aliphatic rings. The number of aromatic nitrogens is 2. The van der Waals surface area contributed by atoms with Crippen molar-refractivity contribution in [3.05, 3.63) is 72.7 Å². The lowest BCUT2D eigenvalue weighted by Crippen LogP contribution is -2.26. The van der Waals surface area contributed by atoms with Crippen molar-refractivity contribution in [1.29, 1.82) is 0 Å². The Bertz CT molecular complexity index is 986. The summed E-state index contributed by atoms with van der Waals surface area (Å²) >= 11 is 1.67. The summed E-state index contributed by atoms with van der Waals surface area (Å²) in [5.41, 5.74) is 0.778. The smallest absolute Gasteiger partial charge is 0.324 e. The van der Waals surface area contributed by atoms with Crippen LogP contribution in [-0.2, 0) is 0 Å². The second kappa shape index (κ2) is 10.8. The maximum atomic E-state index is 12.5. The van der Waals surface area contributed by atoms with Crippen molar-refractivity contribution in [2.24, 2.45) is 0 Å². The maximum absolute atomic E-state index is 12.5. The van der Waals surface area contributed by atoms with Crippen molar-refractivity contribution in [3.63, 3.8) is 0 Å². The Kier molecular flexibility index (Phi) is 7.62. The molecule has 0 unspecified atom stereocenters. The first-order chi connectivity index (χ1) is 14.7. The van der Waals surface area contributed by atoms with E-state index in [0.717, 1.165) is 10.6 Å². The largest absolute Gasteiger partial charge is 0.495 e. The highest BCUT2D eigenvalue weighted by Crippen LogP contribution is 2.25. The summed E-state index contributed by atoms with van der Waals surface area (Å²) in [6.07, 6.45) is 4.40. The molecular weight excluding hydrogens is 402 g/mol. The maximum Gasteiger partial charge on any atom is 0.324 e. The van der Waals surface area contributed by atoms with E-state index in [1.54, 1.807) is 30.0 Å². The van der Waals surface area contributed by atoms with E-state index in [-0.39, 0.29) is 5.91 Å². The fraction of sp³-hybridized carbons (Fsp3) is 0.143. The van der Waals surface area contributed by atoms with Gasteiger partial charge in [0.2, 0.25) is 0 Å². The highest BCUT2D eigenvalue weighted by atomic mass is 32.2. The molecule has 0 spiro atoms. The van der Waals surface area contributed by atoms with Crippen LogP contribution in [0.2, 0.25) is 0 Å². The average Bonchev–Trinajstić information content (AvgIpc) is 2.78. The molecule has 2 aromatic carbocycles. The summed E-state index contributed by atoms with van der Waals surface area (Å²) in [5, 5.41) is 8.11. The van der Waals surface area contributed by atoms with Gasteiger partial charge in [0.15, 0.2) is 5.82 Å². The Morgan fingerprint density at radius 2 is 1.90 bits per heavy atom. The van der Waals surface area contributed by atoms with Crippen molar-refractivity contribution in [2.75, 3.05) is 30.0 Å². The molecule has 3 rings (SSSR count). The number of urea groups is 1. The first-order valence-corrected chi connectivity index (χ1v) is 10.1. The predicted molar refractivity (Wildman–Crippen MR) is 117 cm³/mol. The Morgan fingerprint density at radius 3 is 2.63 bits per heavy atom. The van der Waals surface area contributed by atoms with Gasteiger partial charge in [-0.25, -0.2) is 9.78 Å². The number of nitrogens with zero attached hydrogens (tertiary/aromatic N) is 2. The standard InChI is InChI=1S/C21H21N5O3S/c1-29-18-8-7-15(20(27)24-11-12-30-16-5-3-2-4-6-16)13-17(18)25-21(28)26-19-14-22-9-10-23-19/h2-10,13-14H,11-12H2,1H3,(H,24,27)(H2,23,25,26,28). The molecule has 3 N–H and O–H groups in total. The topological polar surface area (TPSA) is 105 Å². The van der Waals surface area contributed by atoms with Crippen LogP contribution >= 0.6 is 11.8 Å². The van der Waals surface area contributed by atoms with E-state index in [4.69, 9.17) is 4.74 Å². The van der Waals surface area contributed by atoms with Crippen molar-refractivity contribution >= 4 is 35.2 Å². The van der Waals surface area contributed by atoms with Crippen LogP contribution in [0.3, 0.4) is 0 Å². The molecule has 0 bridgehead atoms. The number of hydrogen-bond acceptors (Lipinski definition) is 6. The molecule has 3 amide bonds. The molecule has 0 aliphatic carbocycles. The number of thioether (sulfide) groups is 1. The molecule has 0 radical (unpaired) electrons. The predicted octanol–water partition coefficient (Wildman–Crippen LogP) is 3.65. The minimum atomic E-state index is -0.523. The van der Waals surface area contributed by atoms with E-state index in [1.165, 1.54) is 25.7 Å². The zero-order valence-corrected chi connectivity index (χ0v) is 17.1. The molecular formula is C21H21N5O3S. The van der Waals surface area contributed by atoms with Crippen molar-refractivity contribution in [1.82, 2.24) is 15.3 Å². The number of rotatable bonds is 8. The van der Waals surface area contributed by atoms with Crippen molar-refractivity contribution in [2.45, 2.75) is 4.90 Å². The van der Waals surface area contributed by atoms with Gasteiger partial charge in [-0.1, -0.05) is 18.2 Å². The van der Waals surface area contributed by atoms with E-state index < -0.39 is 6.03 Å². The van der Waals surface area contributed by atoms with Gasteiger partial charge >= 0.3 is 6.03 Å². The van der Waals surface area contributed by atoms with Gasteiger partial charge in [0, 0.05) is 35.2 Å². The van der Waals surface area contributed by atoms with Crippen LogP contribution in [0.5, 0.6) is 5.75 Å². The lowest BCUT2D eigenvalue weighted by molar-refractivity contribution is 0.0956. The lowest BCUT2D eigenvalue weighted by Gasteiger charge is -2.13. The van der Waals surface area contributed by atoms with E-state index in [9.17, 15) is 9.59 Å². The number of carbonyl (C=O) groups is 2. The molecule has 1 aromatic heterocycles. The third-order valence-electron chi connectivity index (χ3n) is 3.91. The Balaban J connectivity index is 1.57. The Hall–Kier alpha value is -3.59. The second-order valence-electron chi connectivity index (χ2n) is 6.00. The molecule has 30 heavy (non-hydrogen) atoms. The fourth-order valence-corrected chi connectivity index (χ4v) is 3.32. The van der Waals surface area contributed by atoms with Crippen LogP contribution in [0.15, 0.2) is 72.0 Å². The SMILES string of the molecule is COc1ccc(C(=O)NCCSc2ccccc2)cc1NC(=O)Nc1cnccn1. The summed E-state index contributed by atoms with van der Waals surface area (Å²) in [6, 6.07) is 14.3. The number of anilines is 2. The quantitative estimate of drug-likeness (QED) is 0.377. The lowest BCUT2D eigenvalue weighted by atomic mass is 10.1. The van der Waals surface area contributed by atoms with Gasteiger partial charge in [-0.05, 0) is 30.3 Å². The molecule has 0 saturated carbocycles. The Labute approximate surface area is 178 Å². The number of nitrogens with one attached hydrogen (secondary N) is 3. The van der Waals surface area contributed by atoms with E-state index in [0.29, 0.717) is 29.4 Å². The van der Waals surface area contributed by atoms with E-state index in [2.05, 4.69) is 25.9 Å². The number of carbonyl (C=O) groups excluding carboxylic acids is 2. The first-order valence-electron chi connectivity index (χ1n) is 9.14. The van der Waals surface area contributed by atoms with Crippen LogP contribution in [0, 0.1) is 0 Å². The van der Waals surface area contributed by atoms with Gasteiger partial charge in [-0.15, -0.1) is 11.8 Å². The molecule has 0 saturated heterocycles. The van der Waals surface area contributed by atoms with Crippen molar-refractivity contribution in [3.8, 4) is 5.75 Å². The highest BCUT2D eigenvalue weighted by Gasteiger charge is 2.13. The minimum Gasteiger partial charge on any atom is -0.495 e. The normalized spacial score (nSPS) is 10.2. The summed E-state index contributed by atoms with van der Waals surface area (Å²) in [4.78, 5) is 33.7. The minimum absolute atomic E-state index is 0.233. The molecule has 154 valence electrons.